The van der Waals surface area contributed by atoms with Crippen molar-refractivity contribution in [2.45, 2.75) is 0 Å². The van der Waals surface area contributed by atoms with Crippen LogP contribution >= 0.6 is 0 Å². The molecule has 2 amide bonds. The van der Waals surface area contributed by atoms with Gasteiger partial charge in [0, 0.05) is 23.5 Å². The maximum absolute atomic E-state index is 11.9. The molecule has 0 unspecified atom stereocenters. The summed E-state index contributed by atoms with van der Waals surface area (Å²) < 4.78 is 0. The zero-order valence-corrected chi connectivity index (χ0v) is 13.2. The van der Waals surface area contributed by atoms with Gasteiger partial charge in [0.15, 0.2) is 0 Å². The summed E-state index contributed by atoms with van der Waals surface area (Å²) in [6.07, 6.45) is 0. The number of aliphatic hydroxyl groups excluding tert-OH is 1. The molecule has 2 aromatic rings. The molecule has 26 heavy (non-hydrogen) atoms. The lowest BCUT2D eigenvalue weighted by atomic mass is 10.1. The predicted octanol–water partition coefficient (Wildman–Crippen LogP) is 1.90. The van der Waals surface area contributed by atoms with Crippen molar-refractivity contribution in [2.24, 2.45) is 0 Å². The topological polar surface area (TPSA) is 156 Å². The first-order chi connectivity index (χ1) is 12.2. The number of hydrogen-bond donors (Lipinski definition) is 6. The molecule has 0 aromatic heterocycles. The Kier molecular flexibility index (Phi) is 5.12. The van der Waals surface area contributed by atoms with E-state index in [4.69, 9.17) is 5.11 Å². The van der Waals surface area contributed by atoms with E-state index in [1.807, 2.05) is 0 Å². The van der Waals surface area contributed by atoms with Crippen LogP contribution in [0.1, 0.15) is 15.9 Å². The molecule has 0 saturated carbocycles. The fourth-order valence-electron chi connectivity index (χ4n) is 2.02. The van der Waals surface area contributed by atoms with Crippen molar-refractivity contribution >= 4 is 34.9 Å². The second-order valence-electron chi connectivity index (χ2n) is 5.12. The highest BCUT2D eigenvalue weighted by molar-refractivity contribution is 6.43. The van der Waals surface area contributed by atoms with Crippen LogP contribution in [0.4, 0.5) is 11.4 Å². The van der Waals surface area contributed by atoms with Gasteiger partial charge in [-0.15, -0.1) is 0 Å². The number of carboxylic acid groups (broad SMARTS) is 1. The van der Waals surface area contributed by atoms with Gasteiger partial charge in [-0.05, 0) is 24.3 Å². The van der Waals surface area contributed by atoms with Gasteiger partial charge in [0.05, 0.1) is 5.56 Å². The third kappa shape index (κ3) is 4.09. The van der Waals surface area contributed by atoms with E-state index < -0.39 is 23.5 Å². The summed E-state index contributed by atoms with van der Waals surface area (Å²) in [4.78, 5) is 34.6. The molecule has 9 nitrogen and oxygen atoms in total. The average molecular weight is 358 g/mol. The molecule has 134 valence electrons. The molecule has 0 spiro atoms. The Balaban J connectivity index is 2.07. The molecule has 0 atom stereocenters. The van der Waals surface area contributed by atoms with Crippen molar-refractivity contribution in [1.82, 2.24) is 0 Å². The minimum absolute atomic E-state index is 0.0161. The number of carbonyl (C=O) groups is 3. The van der Waals surface area contributed by atoms with E-state index in [0.717, 1.165) is 18.2 Å². The van der Waals surface area contributed by atoms with Crippen LogP contribution in [0.15, 0.2) is 43.0 Å². The monoisotopic (exact) mass is 358 g/mol. The summed E-state index contributed by atoms with van der Waals surface area (Å²) >= 11 is 0. The Hall–Kier alpha value is -4.01. The van der Waals surface area contributed by atoms with E-state index in [1.54, 1.807) is 0 Å². The lowest BCUT2D eigenvalue weighted by Gasteiger charge is -2.09. The van der Waals surface area contributed by atoms with Gasteiger partial charge in [0.1, 0.15) is 22.8 Å². The maximum Gasteiger partial charge on any atom is 0.339 e. The summed E-state index contributed by atoms with van der Waals surface area (Å²) in [5.41, 5.74) is -0.172. The molecule has 0 aliphatic rings. The van der Waals surface area contributed by atoms with E-state index >= 15 is 0 Å². The second kappa shape index (κ2) is 7.26. The van der Waals surface area contributed by atoms with Crippen molar-refractivity contribution in [3.8, 4) is 11.5 Å². The number of aromatic hydroxyl groups is 2. The van der Waals surface area contributed by atoms with Gasteiger partial charge in [0.2, 0.25) is 0 Å². The van der Waals surface area contributed by atoms with E-state index in [0.29, 0.717) is 0 Å². The van der Waals surface area contributed by atoms with Crippen LogP contribution in [-0.4, -0.2) is 38.2 Å². The number of benzene rings is 2. The minimum atomic E-state index is -1.34. The van der Waals surface area contributed by atoms with Crippen molar-refractivity contribution in [1.29, 1.82) is 0 Å². The van der Waals surface area contributed by atoms with Gasteiger partial charge in [-0.1, -0.05) is 6.58 Å². The summed E-state index contributed by atoms with van der Waals surface area (Å²) in [5, 5.41) is 41.7. The van der Waals surface area contributed by atoms with Gasteiger partial charge in [0.25, 0.3) is 0 Å². The molecule has 0 aliphatic carbocycles. The summed E-state index contributed by atoms with van der Waals surface area (Å²) in [5.74, 6) is -4.76. The molecule has 0 bridgehead atoms. The van der Waals surface area contributed by atoms with Gasteiger partial charge in [-0.3, -0.25) is 9.59 Å². The first-order valence-electron chi connectivity index (χ1n) is 7.09. The Morgan fingerprint density at radius 3 is 1.54 bits per heavy atom. The smallest absolute Gasteiger partial charge is 0.339 e. The Labute approximate surface area is 146 Å². The zero-order valence-electron chi connectivity index (χ0n) is 13.2. The van der Waals surface area contributed by atoms with Crippen LogP contribution in [0.25, 0.3) is 5.76 Å². The van der Waals surface area contributed by atoms with Gasteiger partial charge in [-0.25, -0.2) is 4.79 Å². The molecule has 6 N–H and O–H groups in total. The second-order valence-corrected chi connectivity index (χ2v) is 5.12. The van der Waals surface area contributed by atoms with Crippen LogP contribution in [0.2, 0.25) is 0 Å². The lowest BCUT2D eigenvalue weighted by molar-refractivity contribution is -0.133. The molecule has 0 heterocycles. The Bertz CT molecular complexity index is 846. The molecular weight excluding hydrogens is 344 g/mol. The number of aromatic carboxylic acids is 1. The number of nitrogens with one attached hydrogen (secondary N) is 2. The number of anilines is 2. The van der Waals surface area contributed by atoms with Gasteiger partial charge >= 0.3 is 17.8 Å². The van der Waals surface area contributed by atoms with E-state index in [-0.39, 0.29) is 34.0 Å². The first-order valence-corrected chi connectivity index (χ1v) is 7.09. The van der Waals surface area contributed by atoms with Crippen LogP contribution in [0.3, 0.4) is 0 Å². The molecule has 9 heteroatoms. The number of phenols is 2. The predicted molar refractivity (Wildman–Crippen MR) is 92.1 cm³/mol. The Morgan fingerprint density at radius 1 is 0.769 bits per heavy atom. The van der Waals surface area contributed by atoms with E-state index in [9.17, 15) is 29.7 Å². The number of carbonyl (C=O) groups excluding carboxylic acids is 2. The van der Waals surface area contributed by atoms with Crippen LogP contribution < -0.4 is 10.6 Å². The summed E-state index contributed by atoms with van der Waals surface area (Å²) in [6.45, 7) is 3.26. The van der Waals surface area contributed by atoms with Crippen LogP contribution in [0.5, 0.6) is 11.5 Å². The maximum atomic E-state index is 11.9. The standard InChI is InChI=1S/C17H14N2O7/c1-8(20)11-4-2-9(6-13(11)21)18-15(23)16(24)19-10-3-5-12(17(25)26)14(22)7-10/h2-7,20-22H,1H2,(H,18,23)(H,19,24)(H,25,26). The van der Waals surface area contributed by atoms with Crippen molar-refractivity contribution in [3.05, 3.63) is 54.1 Å². The number of amides is 2. The lowest BCUT2D eigenvalue weighted by Crippen LogP contribution is -2.29. The molecule has 0 radical (unpaired) electrons. The number of phenolic OH excluding ortho intramolecular Hbond substituents is 1. The van der Waals surface area contributed by atoms with Crippen molar-refractivity contribution in [2.75, 3.05) is 10.6 Å². The first kappa shape index (κ1) is 18.3. The third-order valence-corrected chi connectivity index (χ3v) is 3.26. The van der Waals surface area contributed by atoms with Gasteiger partial charge < -0.3 is 31.1 Å². The highest BCUT2D eigenvalue weighted by Crippen LogP contribution is 2.26. The van der Waals surface area contributed by atoms with Crippen LogP contribution in [0, 0.1) is 0 Å². The summed E-state index contributed by atoms with van der Waals surface area (Å²) in [7, 11) is 0. The highest BCUT2D eigenvalue weighted by atomic mass is 16.4. The van der Waals surface area contributed by atoms with Crippen molar-refractivity contribution in [3.63, 3.8) is 0 Å². The average Bonchev–Trinajstić information content (AvgIpc) is 2.54. The SMILES string of the molecule is C=C(O)c1ccc(NC(=O)C(=O)Nc2ccc(C(=O)O)c(O)c2)cc1O. The quantitative estimate of drug-likeness (QED) is 0.360. The summed E-state index contributed by atoms with van der Waals surface area (Å²) in [6, 6.07) is 7.03. The Morgan fingerprint density at radius 2 is 1.19 bits per heavy atom. The third-order valence-electron chi connectivity index (χ3n) is 3.26. The van der Waals surface area contributed by atoms with Gasteiger partial charge in [-0.2, -0.15) is 0 Å². The normalized spacial score (nSPS) is 10.0. The molecule has 0 aliphatic heterocycles. The number of hydrogen-bond acceptors (Lipinski definition) is 6. The van der Waals surface area contributed by atoms with E-state index in [2.05, 4.69) is 17.2 Å². The molecule has 2 rings (SSSR count). The zero-order chi connectivity index (χ0) is 19.4. The van der Waals surface area contributed by atoms with E-state index in [1.165, 1.54) is 18.2 Å². The number of carboxylic acids is 1. The molecule has 0 saturated heterocycles. The number of aliphatic hydroxyl groups is 1. The molecule has 2 aromatic carbocycles. The minimum Gasteiger partial charge on any atom is -0.508 e. The largest absolute Gasteiger partial charge is 0.508 e. The van der Waals surface area contributed by atoms with Crippen LogP contribution in [-0.2, 0) is 9.59 Å². The molecule has 0 fully saturated rings. The van der Waals surface area contributed by atoms with Crippen molar-refractivity contribution < 1.29 is 34.8 Å². The fourth-order valence-corrected chi connectivity index (χ4v) is 2.02. The molecular formula is C17H14N2O7. The highest BCUT2D eigenvalue weighted by Gasteiger charge is 2.17. The fraction of sp³-hybridized carbons (Fsp3) is 0. The number of rotatable bonds is 4.